The predicted molar refractivity (Wildman–Crippen MR) is 79.3 cm³/mol. The molecular weight excluding hydrogens is 252 g/mol. The molecule has 2 aromatic heterocycles. The van der Waals surface area contributed by atoms with Gasteiger partial charge in [0.15, 0.2) is 0 Å². The van der Waals surface area contributed by atoms with Crippen LogP contribution in [0, 0.1) is 0 Å². The van der Waals surface area contributed by atoms with Crippen LogP contribution in [0.3, 0.4) is 0 Å². The lowest BCUT2D eigenvalue weighted by molar-refractivity contribution is 0.570. The zero-order chi connectivity index (χ0) is 13.8. The standard InChI is InChI=1S/C14H16N6/c15-14-12-4-6-16-10-11(12)2-3-13(14)17-5-1-8-20-9-7-18-19-20/h2-4,6-7,9-10,17H,1,5,8,15H2. The largest absolute Gasteiger partial charge is 0.397 e. The quantitative estimate of drug-likeness (QED) is 0.545. The van der Waals surface area contributed by atoms with E-state index in [1.54, 1.807) is 12.4 Å². The Bertz CT molecular complexity index is 692. The Balaban J connectivity index is 1.64. The van der Waals surface area contributed by atoms with Crippen molar-refractivity contribution in [3.05, 3.63) is 43.0 Å². The summed E-state index contributed by atoms with van der Waals surface area (Å²) >= 11 is 0. The number of nitrogens with two attached hydrogens (primary N) is 1. The van der Waals surface area contributed by atoms with Crippen molar-refractivity contribution < 1.29 is 0 Å². The minimum absolute atomic E-state index is 0.769. The number of nitrogen functional groups attached to an aromatic ring is 1. The topological polar surface area (TPSA) is 81.6 Å². The molecule has 0 unspecified atom stereocenters. The molecule has 102 valence electrons. The van der Waals surface area contributed by atoms with E-state index in [0.717, 1.165) is 41.7 Å². The number of aromatic nitrogens is 4. The molecule has 2 heterocycles. The molecule has 0 saturated carbocycles. The zero-order valence-corrected chi connectivity index (χ0v) is 11.0. The van der Waals surface area contributed by atoms with Crippen molar-refractivity contribution >= 4 is 22.1 Å². The normalized spacial score (nSPS) is 10.8. The average Bonchev–Trinajstić information content (AvgIpc) is 2.99. The van der Waals surface area contributed by atoms with E-state index in [0.29, 0.717) is 0 Å². The number of benzene rings is 1. The highest BCUT2D eigenvalue weighted by Crippen LogP contribution is 2.27. The molecule has 3 N–H and O–H groups in total. The summed E-state index contributed by atoms with van der Waals surface area (Å²) in [5, 5.41) is 13.1. The van der Waals surface area contributed by atoms with Crippen molar-refractivity contribution in [1.82, 2.24) is 20.0 Å². The first-order valence-electron chi connectivity index (χ1n) is 6.55. The lowest BCUT2D eigenvalue weighted by atomic mass is 10.1. The summed E-state index contributed by atoms with van der Waals surface area (Å²) in [6.45, 7) is 1.67. The van der Waals surface area contributed by atoms with Crippen LogP contribution in [0.5, 0.6) is 0 Å². The van der Waals surface area contributed by atoms with Gasteiger partial charge < -0.3 is 11.1 Å². The lowest BCUT2D eigenvalue weighted by Crippen LogP contribution is -2.08. The average molecular weight is 268 g/mol. The Morgan fingerprint density at radius 1 is 1.20 bits per heavy atom. The lowest BCUT2D eigenvalue weighted by Gasteiger charge is -2.11. The Labute approximate surface area is 116 Å². The molecule has 3 aromatic rings. The van der Waals surface area contributed by atoms with E-state index < -0.39 is 0 Å². The van der Waals surface area contributed by atoms with Crippen LogP contribution < -0.4 is 11.1 Å². The van der Waals surface area contributed by atoms with Gasteiger partial charge in [0.05, 0.1) is 17.6 Å². The molecule has 0 bridgehead atoms. The highest BCUT2D eigenvalue weighted by Gasteiger charge is 2.03. The fraction of sp³-hybridized carbons (Fsp3) is 0.214. The molecule has 0 aliphatic heterocycles. The van der Waals surface area contributed by atoms with Gasteiger partial charge in [0.1, 0.15) is 0 Å². The van der Waals surface area contributed by atoms with Gasteiger partial charge in [0, 0.05) is 42.5 Å². The Kier molecular flexibility index (Phi) is 3.45. The third kappa shape index (κ3) is 2.54. The monoisotopic (exact) mass is 268 g/mol. The second-order valence-electron chi connectivity index (χ2n) is 4.57. The van der Waals surface area contributed by atoms with Crippen molar-refractivity contribution in [2.45, 2.75) is 13.0 Å². The number of rotatable bonds is 5. The van der Waals surface area contributed by atoms with Crippen LogP contribution in [0.15, 0.2) is 43.0 Å². The van der Waals surface area contributed by atoms with E-state index in [9.17, 15) is 0 Å². The molecule has 0 saturated heterocycles. The van der Waals surface area contributed by atoms with E-state index in [2.05, 4.69) is 20.6 Å². The first-order valence-corrected chi connectivity index (χ1v) is 6.55. The smallest absolute Gasteiger partial charge is 0.0692 e. The summed E-state index contributed by atoms with van der Waals surface area (Å²) in [7, 11) is 0. The molecule has 0 aliphatic rings. The summed E-state index contributed by atoms with van der Waals surface area (Å²) in [5.74, 6) is 0. The van der Waals surface area contributed by atoms with Crippen molar-refractivity contribution in [1.29, 1.82) is 0 Å². The number of nitrogens with one attached hydrogen (secondary N) is 1. The molecule has 1 aromatic carbocycles. The van der Waals surface area contributed by atoms with Crippen LogP contribution in [0.2, 0.25) is 0 Å². The van der Waals surface area contributed by atoms with Gasteiger partial charge in [-0.2, -0.15) is 0 Å². The molecule has 20 heavy (non-hydrogen) atoms. The fourth-order valence-electron chi connectivity index (χ4n) is 2.16. The first kappa shape index (κ1) is 12.4. The van der Waals surface area contributed by atoms with Gasteiger partial charge in [-0.05, 0) is 18.6 Å². The Hall–Kier alpha value is -2.63. The van der Waals surface area contributed by atoms with Crippen molar-refractivity contribution in [2.24, 2.45) is 0 Å². The van der Waals surface area contributed by atoms with Crippen LogP contribution in [0.1, 0.15) is 6.42 Å². The second kappa shape index (κ2) is 5.56. The highest BCUT2D eigenvalue weighted by atomic mass is 15.4. The third-order valence-corrected chi connectivity index (χ3v) is 3.21. The zero-order valence-electron chi connectivity index (χ0n) is 11.0. The fourth-order valence-corrected chi connectivity index (χ4v) is 2.16. The summed E-state index contributed by atoms with van der Waals surface area (Å²) in [6, 6.07) is 5.96. The predicted octanol–water partition coefficient (Wildman–Crippen LogP) is 1.91. The Morgan fingerprint density at radius 2 is 2.15 bits per heavy atom. The highest BCUT2D eigenvalue weighted by molar-refractivity contribution is 5.98. The number of aryl methyl sites for hydroxylation is 1. The van der Waals surface area contributed by atoms with Crippen LogP contribution >= 0.6 is 0 Å². The molecule has 0 amide bonds. The minimum Gasteiger partial charge on any atom is -0.397 e. The van der Waals surface area contributed by atoms with Crippen LogP contribution in [0.4, 0.5) is 11.4 Å². The molecular formula is C14H16N6. The maximum Gasteiger partial charge on any atom is 0.0692 e. The van der Waals surface area contributed by atoms with Crippen LogP contribution in [-0.2, 0) is 6.54 Å². The second-order valence-corrected chi connectivity index (χ2v) is 4.57. The molecule has 3 rings (SSSR count). The van der Waals surface area contributed by atoms with E-state index in [1.165, 1.54) is 0 Å². The van der Waals surface area contributed by atoms with Gasteiger partial charge in [-0.1, -0.05) is 11.3 Å². The number of anilines is 2. The van der Waals surface area contributed by atoms with Crippen molar-refractivity contribution in [2.75, 3.05) is 17.6 Å². The summed E-state index contributed by atoms with van der Waals surface area (Å²) in [6.07, 6.45) is 8.07. The van der Waals surface area contributed by atoms with Crippen LogP contribution in [-0.4, -0.2) is 26.5 Å². The van der Waals surface area contributed by atoms with Crippen LogP contribution in [0.25, 0.3) is 10.8 Å². The minimum atomic E-state index is 0.769. The first-order chi connectivity index (χ1) is 9.84. The number of hydrogen-bond donors (Lipinski definition) is 2. The maximum absolute atomic E-state index is 6.18. The molecule has 6 nitrogen and oxygen atoms in total. The van der Waals surface area contributed by atoms with E-state index in [-0.39, 0.29) is 0 Å². The maximum atomic E-state index is 6.18. The third-order valence-electron chi connectivity index (χ3n) is 3.21. The number of pyridine rings is 1. The summed E-state index contributed by atoms with van der Waals surface area (Å²) in [5.41, 5.74) is 7.91. The van der Waals surface area contributed by atoms with Crippen molar-refractivity contribution in [3.8, 4) is 0 Å². The van der Waals surface area contributed by atoms with Gasteiger partial charge in [-0.3, -0.25) is 9.67 Å². The van der Waals surface area contributed by atoms with E-state index in [4.69, 9.17) is 5.73 Å². The number of hydrogen-bond acceptors (Lipinski definition) is 5. The summed E-state index contributed by atoms with van der Waals surface area (Å²) in [4.78, 5) is 4.10. The summed E-state index contributed by atoms with van der Waals surface area (Å²) < 4.78 is 1.82. The molecule has 0 fully saturated rings. The number of fused-ring (bicyclic) bond motifs is 1. The molecule has 0 atom stereocenters. The van der Waals surface area contributed by atoms with E-state index in [1.807, 2.05) is 35.3 Å². The van der Waals surface area contributed by atoms with Gasteiger partial charge in [0.25, 0.3) is 0 Å². The van der Waals surface area contributed by atoms with E-state index >= 15 is 0 Å². The Morgan fingerprint density at radius 3 is 3.00 bits per heavy atom. The molecule has 0 aliphatic carbocycles. The van der Waals surface area contributed by atoms with Crippen molar-refractivity contribution in [3.63, 3.8) is 0 Å². The van der Waals surface area contributed by atoms with Gasteiger partial charge in [-0.15, -0.1) is 5.10 Å². The molecule has 0 radical (unpaired) electrons. The van der Waals surface area contributed by atoms with Gasteiger partial charge >= 0.3 is 0 Å². The molecule has 6 heteroatoms. The van der Waals surface area contributed by atoms with Gasteiger partial charge in [0.2, 0.25) is 0 Å². The molecule has 0 spiro atoms. The SMILES string of the molecule is Nc1c(NCCCn2ccnn2)ccc2cnccc12. The van der Waals surface area contributed by atoms with Gasteiger partial charge in [-0.25, -0.2) is 0 Å². The number of nitrogens with zero attached hydrogens (tertiary/aromatic N) is 4.